The Hall–Kier alpha value is -2.01. The quantitative estimate of drug-likeness (QED) is 0.634. The highest BCUT2D eigenvalue weighted by Gasteiger charge is 2.10. The van der Waals surface area contributed by atoms with E-state index < -0.39 is 11.6 Å². The topological polar surface area (TPSA) is 34.5 Å². The molecule has 0 atom stereocenters. The third-order valence-corrected chi connectivity index (χ3v) is 2.54. The summed E-state index contributed by atoms with van der Waals surface area (Å²) in [6.45, 7) is 0. The van der Waals surface area contributed by atoms with Crippen molar-refractivity contribution in [3.05, 3.63) is 52.8 Å². The largest absolute Gasteiger partial charge is 0.497 e. The first-order chi connectivity index (χ1) is 9.10. The van der Waals surface area contributed by atoms with Gasteiger partial charge in [0.05, 0.1) is 7.11 Å². The normalized spacial score (nSPS) is 10.9. The number of nitrogens with zero attached hydrogens (tertiary/aromatic N) is 2. The number of benzene rings is 1. The van der Waals surface area contributed by atoms with Crippen LogP contribution in [0.4, 0.5) is 14.5 Å². The van der Waals surface area contributed by atoms with Gasteiger partial charge in [-0.15, -0.1) is 0 Å². The second-order valence-corrected chi connectivity index (χ2v) is 4.00. The number of methoxy groups -OCH3 is 1. The van der Waals surface area contributed by atoms with Gasteiger partial charge in [-0.2, -0.15) is 0 Å². The van der Waals surface area contributed by atoms with Gasteiger partial charge < -0.3 is 4.74 Å². The Balaban J connectivity index is 2.30. The summed E-state index contributed by atoms with van der Waals surface area (Å²) in [4.78, 5) is 7.60. The molecule has 1 heterocycles. The highest BCUT2D eigenvalue weighted by Crippen LogP contribution is 2.27. The molecule has 19 heavy (non-hydrogen) atoms. The van der Waals surface area contributed by atoms with Crippen LogP contribution in [0.3, 0.4) is 0 Å². The monoisotopic (exact) mass is 282 g/mol. The number of hydrogen-bond acceptors (Lipinski definition) is 3. The van der Waals surface area contributed by atoms with Crippen LogP contribution in [0.25, 0.3) is 0 Å². The molecule has 0 spiro atoms. The van der Waals surface area contributed by atoms with E-state index in [1.54, 1.807) is 12.1 Å². The number of rotatable bonds is 3. The van der Waals surface area contributed by atoms with Crippen LogP contribution >= 0.6 is 11.6 Å². The fourth-order valence-electron chi connectivity index (χ4n) is 1.39. The van der Waals surface area contributed by atoms with Crippen molar-refractivity contribution in [2.24, 2.45) is 4.99 Å². The van der Waals surface area contributed by atoms with Gasteiger partial charge in [0.2, 0.25) is 0 Å². The van der Waals surface area contributed by atoms with E-state index in [2.05, 4.69) is 9.98 Å². The van der Waals surface area contributed by atoms with Crippen molar-refractivity contribution >= 4 is 23.5 Å². The molecule has 3 nitrogen and oxygen atoms in total. The molecule has 0 saturated carbocycles. The molecule has 2 aromatic rings. The van der Waals surface area contributed by atoms with Gasteiger partial charge in [0.15, 0.2) is 11.6 Å². The van der Waals surface area contributed by atoms with E-state index in [4.69, 9.17) is 16.3 Å². The van der Waals surface area contributed by atoms with Crippen LogP contribution in [0.2, 0.25) is 5.15 Å². The van der Waals surface area contributed by atoms with Gasteiger partial charge in [-0.05, 0) is 12.1 Å². The van der Waals surface area contributed by atoms with Crippen LogP contribution in [0.1, 0.15) is 5.56 Å². The summed E-state index contributed by atoms with van der Waals surface area (Å²) in [5.41, 5.74) is 0.203. The van der Waals surface area contributed by atoms with Gasteiger partial charge in [-0.1, -0.05) is 11.6 Å². The Morgan fingerprint density at radius 2 is 1.95 bits per heavy atom. The predicted octanol–water partition coefficient (Wildman–Crippen LogP) is 3.77. The minimum atomic E-state index is -0.796. The zero-order chi connectivity index (χ0) is 13.8. The molecular weight excluding hydrogens is 274 g/mol. The standard InChI is InChI=1S/C13H9ClF2N2O/c1-19-9-4-10(15)13(11(16)5-9)18-7-8-2-3-12(14)17-6-8/h2-7H,1H3/b18-7+. The van der Waals surface area contributed by atoms with Crippen LogP contribution in [-0.4, -0.2) is 18.3 Å². The number of aromatic nitrogens is 1. The van der Waals surface area contributed by atoms with Gasteiger partial charge in [0.25, 0.3) is 0 Å². The first kappa shape index (κ1) is 13.4. The Kier molecular flexibility index (Phi) is 4.06. The number of pyridine rings is 1. The van der Waals surface area contributed by atoms with Crippen LogP contribution < -0.4 is 4.74 Å². The van der Waals surface area contributed by atoms with E-state index >= 15 is 0 Å². The molecule has 0 bridgehead atoms. The average molecular weight is 283 g/mol. The number of hydrogen-bond donors (Lipinski definition) is 0. The molecule has 0 amide bonds. The molecule has 6 heteroatoms. The van der Waals surface area contributed by atoms with E-state index in [0.717, 1.165) is 12.1 Å². The lowest BCUT2D eigenvalue weighted by Crippen LogP contribution is -1.90. The highest BCUT2D eigenvalue weighted by atomic mass is 35.5. The maximum Gasteiger partial charge on any atom is 0.155 e. The molecule has 0 fully saturated rings. The Morgan fingerprint density at radius 1 is 1.26 bits per heavy atom. The number of halogens is 3. The lowest BCUT2D eigenvalue weighted by molar-refractivity contribution is 0.407. The average Bonchev–Trinajstić information content (AvgIpc) is 2.39. The lowest BCUT2D eigenvalue weighted by Gasteiger charge is -2.03. The maximum absolute atomic E-state index is 13.6. The zero-order valence-corrected chi connectivity index (χ0v) is 10.7. The van der Waals surface area contributed by atoms with E-state index in [1.807, 2.05) is 0 Å². The van der Waals surface area contributed by atoms with Crippen molar-refractivity contribution in [2.45, 2.75) is 0 Å². The van der Waals surface area contributed by atoms with Gasteiger partial charge in [-0.25, -0.2) is 13.8 Å². The molecule has 98 valence electrons. The third kappa shape index (κ3) is 3.26. The zero-order valence-electron chi connectivity index (χ0n) is 9.90. The Bertz CT molecular complexity index is 592. The van der Waals surface area contributed by atoms with Crippen molar-refractivity contribution in [1.82, 2.24) is 4.98 Å². The highest BCUT2D eigenvalue weighted by molar-refractivity contribution is 6.29. The lowest BCUT2D eigenvalue weighted by atomic mass is 10.2. The molecule has 0 aliphatic heterocycles. The molecule has 0 aliphatic carbocycles. The molecule has 0 N–H and O–H groups in total. The molecule has 0 saturated heterocycles. The minimum absolute atomic E-state index is 0.0992. The summed E-state index contributed by atoms with van der Waals surface area (Å²) in [6.07, 6.45) is 2.75. The maximum atomic E-state index is 13.6. The van der Waals surface area contributed by atoms with Crippen molar-refractivity contribution in [3.8, 4) is 5.75 Å². The molecule has 0 aliphatic rings. The number of aliphatic imine (C=N–C) groups is 1. The first-order valence-electron chi connectivity index (χ1n) is 5.29. The third-order valence-electron chi connectivity index (χ3n) is 2.32. The Labute approximate surface area is 113 Å². The summed E-state index contributed by atoms with van der Waals surface area (Å²) in [5, 5.41) is 0.332. The van der Waals surface area contributed by atoms with Gasteiger partial charge in [0.1, 0.15) is 16.6 Å². The summed E-state index contributed by atoms with van der Waals surface area (Å²) in [5.74, 6) is -1.49. The van der Waals surface area contributed by atoms with Crippen molar-refractivity contribution in [3.63, 3.8) is 0 Å². The van der Waals surface area contributed by atoms with E-state index in [1.165, 1.54) is 19.5 Å². The van der Waals surface area contributed by atoms with Gasteiger partial charge >= 0.3 is 0 Å². The van der Waals surface area contributed by atoms with Crippen LogP contribution in [-0.2, 0) is 0 Å². The smallest absolute Gasteiger partial charge is 0.155 e. The second kappa shape index (κ2) is 5.75. The van der Waals surface area contributed by atoms with E-state index in [9.17, 15) is 8.78 Å². The fraction of sp³-hybridized carbons (Fsp3) is 0.0769. The molecule has 0 unspecified atom stereocenters. The van der Waals surface area contributed by atoms with Crippen LogP contribution in [0.15, 0.2) is 35.5 Å². The fourth-order valence-corrected chi connectivity index (χ4v) is 1.50. The molecule has 0 radical (unpaired) electrons. The predicted molar refractivity (Wildman–Crippen MR) is 69.4 cm³/mol. The van der Waals surface area contributed by atoms with Crippen LogP contribution in [0, 0.1) is 11.6 Å². The van der Waals surface area contributed by atoms with Crippen molar-refractivity contribution in [2.75, 3.05) is 7.11 Å². The van der Waals surface area contributed by atoms with Gasteiger partial charge in [0, 0.05) is 30.1 Å². The first-order valence-corrected chi connectivity index (χ1v) is 5.66. The van der Waals surface area contributed by atoms with E-state index in [0.29, 0.717) is 10.7 Å². The minimum Gasteiger partial charge on any atom is -0.497 e. The SMILES string of the molecule is COc1cc(F)c(/N=C/c2ccc(Cl)nc2)c(F)c1. The molecule has 1 aromatic heterocycles. The van der Waals surface area contributed by atoms with Crippen molar-refractivity contribution in [1.29, 1.82) is 0 Å². The summed E-state index contributed by atoms with van der Waals surface area (Å²) < 4.78 is 31.9. The molecular formula is C13H9ClF2N2O. The second-order valence-electron chi connectivity index (χ2n) is 3.61. The summed E-state index contributed by atoms with van der Waals surface area (Å²) in [6, 6.07) is 5.33. The van der Waals surface area contributed by atoms with Crippen LogP contribution in [0.5, 0.6) is 5.75 Å². The molecule has 2 rings (SSSR count). The Morgan fingerprint density at radius 3 is 2.47 bits per heavy atom. The molecule has 1 aromatic carbocycles. The summed E-state index contributed by atoms with van der Waals surface area (Å²) >= 11 is 5.62. The summed E-state index contributed by atoms with van der Waals surface area (Å²) in [7, 11) is 1.33. The van der Waals surface area contributed by atoms with E-state index in [-0.39, 0.29) is 11.4 Å². The number of ether oxygens (including phenoxy) is 1. The van der Waals surface area contributed by atoms with Gasteiger partial charge in [-0.3, -0.25) is 4.99 Å². The van der Waals surface area contributed by atoms with Crippen molar-refractivity contribution < 1.29 is 13.5 Å².